The zero-order chi connectivity index (χ0) is 23.6. The van der Waals surface area contributed by atoms with Crippen molar-refractivity contribution in [1.82, 2.24) is 0 Å². The summed E-state index contributed by atoms with van der Waals surface area (Å²) in [7, 11) is 5.73. The summed E-state index contributed by atoms with van der Waals surface area (Å²) in [6.07, 6.45) is 1.57. The van der Waals surface area contributed by atoms with Gasteiger partial charge in [-0.25, -0.2) is 4.79 Å². The maximum atomic E-state index is 13.4. The number of hydrogen-bond donors (Lipinski definition) is 0. The summed E-state index contributed by atoms with van der Waals surface area (Å²) in [4.78, 5) is 27.4. The quantitative estimate of drug-likeness (QED) is 0.435. The van der Waals surface area contributed by atoms with Crippen LogP contribution in [0.15, 0.2) is 47.2 Å². The summed E-state index contributed by atoms with van der Waals surface area (Å²) in [6.45, 7) is 1.66. The predicted octanol–water partition coefficient (Wildman–Crippen LogP) is 4.90. The van der Waals surface area contributed by atoms with E-state index in [9.17, 15) is 9.59 Å². The monoisotopic (exact) mass is 477 g/mol. The molecule has 7 nitrogen and oxygen atoms in total. The molecular weight excluding hydrogens is 457 g/mol. The zero-order valence-electron chi connectivity index (χ0n) is 18.1. The number of ether oxygens (including phenoxy) is 4. The molecule has 3 rings (SSSR count). The fourth-order valence-corrected chi connectivity index (χ4v) is 3.76. The summed E-state index contributed by atoms with van der Waals surface area (Å²) < 4.78 is 21.0. The van der Waals surface area contributed by atoms with Crippen molar-refractivity contribution < 1.29 is 28.5 Å². The number of hydrogen-bond acceptors (Lipinski definition) is 6. The molecule has 0 saturated carbocycles. The normalized spacial score (nSPS) is 14.8. The van der Waals surface area contributed by atoms with Crippen LogP contribution in [-0.4, -0.2) is 40.3 Å². The molecule has 1 amide bonds. The molecule has 1 aliphatic rings. The first-order valence-corrected chi connectivity index (χ1v) is 10.1. The Labute approximate surface area is 195 Å². The van der Waals surface area contributed by atoms with E-state index in [1.54, 1.807) is 43.3 Å². The van der Waals surface area contributed by atoms with E-state index < -0.39 is 11.9 Å². The van der Waals surface area contributed by atoms with Crippen LogP contribution in [0.4, 0.5) is 5.69 Å². The highest BCUT2D eigenvalue weighted by atomic mass is 35.5. The van der Waals surface area contributed by atoms with Crippen molar-refractivity contribution in [3.05, 3.63) is 62.8 Å². The van der Waals surface area contributed by atoms with E-state index in [0.29, 0.717) is 39.2 Å². The third kappa shape index (κ3) is 4.13. The van der Waals surface area contributed by atoms with Crippen LogP contribution in [0.25, 0.3) is 6.08 Å². The first-order chi connectivity index (χ1) is 15.3. The lowest BCUT2D eigenvalue weighted by Crippen LogP contribution is -2.24. The molecule has 168 valence electrons. The Bertz CT molecular complexity index is 1130. The molecule has 0 spiro atoms. The predicted molar refractivity (Wildman–Crippen MR) is 123 cm³/mol. The van der Waals surface area contributed by atoms with Gasteiger partial charge in [0, 0.05) is 5.70 Å². The SMILES string of the molecule is COC(=O)C1=C(C)N(c2ccc(Cl)c(Cl)c2)C(=O)/C1=C\c1cc(OC)c(OC)c(OC)c1. The van der Waals surface area contributed by atoms with Crippen molar-refractivity contribution in [3.63, 3.8) is 0 Å². The van der Waals surface area contributed by atoms with Crippen molar-refractivity contribution in [2.75, 3.05) is 33.3 Å². The molecule has 0 N–H and O–H groups in total. The van der Waals surface area contributed by atoms with Crippen LogP contribution in [0.3, 0.4) is 0 Å². The molecule has 0 bridgehead atoms. The summed E-state index contributed by atoms with van der Waals surface area (Å²) in [5, 5.41) is 0.636. The Morgan fingerprint density at radius 1 is 0.938 bits per heavy atom. The van der Waals surface area contributed by atoms with Crippen molar-refractivity contribution in [2.45, 2.75) is 6.92 Å². The van der Waals surface area contributed by atoms with E-state index >= 15 is 0 Å². The van der Waals surface area contributed by atoms with E-state index in [4.69, 9.17) is 42.1 Å². The first kappa shape index (κ1) is 23.5. The van der Waals surface area contributed by atoms with Crippen molar-refractivity contribution in [1.29, 1.82) is 0 Å². The van der Waals surface area contributed by atoms with Gasteiger partial charge in [-0.1, -0.05) is 23.2 Å². The molecule has 1 heterocycles. The number of nitrogens with zero attached hydrogens (tertiary/aromatic N) is 1. The van der Waals surface area contributed by atoms with Gasteiger partial charge in [-0.15, -0.1) is 0 Å². The minimum absolute atomic E-state index is 0.136. The smallest absolute Gasteiger partial charge is 0.340 e. The molecule has 0 unspecified atom stereocenters. The van der Waals surface area contributed by atoms with E-state index in [-0.39, 0.29) is 16.2 Å². The second kappa shape index (κ2) is 9.54. The molecule has 0 saturated heterocycles. The van der Waals surface area contributed by atoms with Gasteiger partial charge in [0.2, 0.25) is 5.75 Å². The Morgan fingerprint density at radius 2 is 1.56 bits per heavy atom. The number of amides is 1. The number of rotatable bonds is 6. The Hall–Kier alpha value is -3.16. The number of anilines is 1. The standard InChI is InChI=1S/C23H21Cl2NO6/c1-12-20(23(28)32-5)15(22(27)26(12)14-6-7-16(24)17(25)11-14)8-13-9-18(29-2)21(31-4)19(10-13)30-3/h6-11H,1-5H3/b15-8-. The largest absolute Gasteiger partial charge is 0.493 e. The van der Waals surface area contributed by atoms with Gasteiger partial charge in [0.05, 0.1) is 55.3 Å². The van der Waals surface area contributed by atoms with Gasteiger partial charge in [0.1, 0.15) is 0 Å². The molecule has 1 aliphatic heterocycles. The molecule has 0 aliphatic carbocycles. The summed E-state index contributed by atoms with van der Waals surface area (Å²) in [5.74, 6) is 0.163. The minimum Gasteiger partial charge on any atom is -0.493 e. The van der Waals surface area contributed by atoms with E-state index in [1.807, 2.05) is 0 Å². The first-order valence-electron chi connectivity index (χ1n) is 9.38. The van der Waals surface area contributed by atoms with Crippen molar-refractivity contribution >= 4 is 46.8 Å². The number of benzene rings is 2. The van der Waals surface area contributed by atoms with Gasteiger partial charge in [-0.2, -0.15) is 0 Å². The van der Waals surface area contributed by atoms with Crippen LogP contribution < -0.4 is 19.1 Å². The average Bonchev–Trinajstić information content (AvgIpc) is 3.03. The van der Waals surface area contributed by atoms with E-state index in [2.05, 4.69) is 0 Å². The molecule has 0 atom stereocenters. The van der Waals surface area contributed by atoms with E-state index in [0.717, 1.165) is 0 Å². The molecule has 0 radical (unpaired) electrons. The van der Waals surface area contributed by atoms with Gasteiger partial charge in [-0.3, -0.25) is 9.69 Å². The van der Waals surface area contributed by atoms with Crippen LogP contribution in [0.1, 0.15) is 12.5 Å². The number of carbonyl (C=O) groups excluding carboxylic acids is 2. The fraction of sp³-hybridized carbons (Fsp3) is 0.217. The number of methoxy groups -OCH3 is 4. The molecule has 2 aromatic carbocycles. The molecular formula is C23H21Cl2NO6. The molecule has 0 aromatic heterocycles. The number of allylic oxidation sites excluding steroid dienone is 1. The highest BCUT2D eigenvalue weighted by Crippen LogP contribution is 2.41. The van der Waals surface area contributed by atoms with E-state index in [1.165, 1.54) is 33.3 Å². The maximum Gasteiger partial charge on any atom is 0.340 e. The summed E-state index contributed by atoms with van der Waals surface area (Å²) in [5.41, 5.74) is 1.72. The molecule has 9 heteroatoms. The van der Waals surface area contributed by atoms with Crippen LogP contribution in [0, 0.1) is 0 Å². The summed E-state index contributed by atoms with van der Waals surface area (Å²) >= 11 is 12.2. The number of esters is 1. The van der Waals surface area contributed by atoms with Gasteiger partial charge in [0.25, 0.3) is 5.91 Å². The zero-order valence-corrected chi connectivity index (χ0v) is 19.6. The minimum atomic E-state index is -0.642. The lowest BCUT2D eigenvalue weighted by molar-refractivity contribution is -0.136. The highest BCUT2D eigenvalue weighted by molar-refractivity contribution is 6.42. The Kier molecular flexibility index (Phi) is 7.01. The van der Waals surface area contributed by atoms with Crippen LogP contribution >= 0.6 is 23.2 Å². The molecule has 2 aromatic rings. The Morgan fingerprint density at radius 3 is 2.06 bits per heavy atom. The highest BCUT2D eigenvalue weighted by Gasteiger charge is 2.38. The Balaban J connectivity index is 2.19. The lowest BCUT2D eigenvalue weighted by Gasteiger charge is -2.18. The summed E-state index contributed by atoms with van der Waals surface area (Å²) in [6, 6.07) is 8.13. The van der Waals surface area contributed by atoms with Crippen LogP contribution in [0.5, 0.6) is 17.2 Å². The molecule has 0 fully saturated rings. The second-order valence-corrected chi connectivity index (χ2v) is 7.52. The van der Waals surface area contributed by atoms with Gasteiger partial charge in [-0.05, 0) is 48.9 Å². The van der Waals surface area contributed by atoms with Crippen molar-refractivity contribution in [3.8, 4) is 17.2 Å². The third-order valence-corrected chi connectivity index (χ3v) is 5.69. The molecule has 32 heavy (non-hydrogen) atoms. The number of halogens is 2. The maximum absolute atomic E-state index is 13.4. The topological polar surface area (TPSA) is 74.3 Å². The average molecular weight is 478 g/mol. The van der Waals surface area contributed by atoms with Crippen LogP contribution in [-0.2, 0) is 14.3 Å². The van der Waals surface area contributed by atoms with Gasteiger partial charge >= 0.3 is 5.97 Å². The second-order valence-electron chi connectivity index (χ2n) is 6.71. The van der Waals surface area contributed by atoms with Gasteiger partial charge < -0.3 is 18.9 Å². The lowest BCUT2D eigenvalue weighted by atomic mass is 10.0. The fourth-order valence-electron chi connectivity index (χ4n) is 3.47. The van der Waals surface area contributed by atoms with Crippen molar-refractivity contribution in [2.24, 2.45) is 0 Å². The number of carbonyl (C=O) groups is 2. The van der Waals surface area contributed by atoms with Crippen LogP contribution in [0.2, 0.25) is 10.0 Å². The third-order valence-electron chi connectivity index (χ3n) is 4.95. The van der Waals surface area contributed by atoms with Gasteiger partial charge in [0.15, 0.2) is 11.5 Å².